The van der Waals surface area contributed by atoms with E-state index in [0.717, 1.165) is 24.3 Å². The molecule has 0 atom stereocenters. The maximum atomic E-state index is 5.48. The maximum absolute atomic E-state index is 5.48. The molecule has 0 aliphatic rings. The summed E-state index contributed by atoms with van der Waals surface area (Å²) in [5.41, 5.74) is 3.73. The van der Waals surface area contributed by atoms with Gasteiger partial charge in [-0.05, 0) is 12.5 Å². The molecule has 0 unspecified atom stereocenters. The minimum absolute atomic E-state index is 0.683. The van der Waals surface area contributed by atoms with Gasteiger partial charge in [0.25, 0.3) is 0 Å². The Morgan fingerprint density at radius 3 is 2.78 bits per heavy atom. The first-order valence-corrected chi connectivity index (χ1v) is 6.07. The summed E-state index contributed by atoms with van der Waals surface area (Å²) >= 11 is 0. The van der Waals surface area contributed by atoms with Crippen LogP contribution in [0.25, 0.3) is 0 Å². The Morgan fingerprint density at radius 1 is 1.44 bits per heavy atom. The molecular formula is C13H22N4O. The summed E-state index contributed by atoms with van der Waals surface area (Å²) in [5.74, 6) is 7.04. The summed E-state index contributed by atoms with van der Waals surface area (Å²) in [6.07, 6.45) is 0.994. The van der Waals surface area contributed by atoms with Crippen molar-refractivity contribution in [2.24, 2.45) is 10.8 Å². The number of nitrogens with two attached hydrogens (primary N) is 1. The van der Waals surface area contributed by atoms with Crippen LogP contribution in [0.2, 0.25) is 0 Å². The van der Waals surface area contributed by atoms with Gasteiger partial charge in [-0.1, -0.05) is 25.1 Å². The van der Waals surface area contributed by atoms with E-state index in [9.17, 15) is 0 Å². The number of guanidine groups is 1. The van der Waals surface area contributed by atoms with Crippen LogP contribution >= 0.6 is 0 Å². The van der Waals surface area contributed by atoms with E-state index in [1.807, 2.05) is 36.2 Å². The largest absolute Gasteiger partial charge is 0.496 e. The second-order valence-corrected chi connectivity index (χ2v) is 4.02. The van der Waals surface area contributed by atoms with Gasteiger partial charge in [0.2, 0.25) is 5.96 Å². The fourth-order valence-electron chi connectivity index (χ4n) is 1.66. The summed E-state index contributed by atoms with van der Waals surface area (Å²) in [4.78, 5) is 6.34. The molecule has 0 fully saturated rings. The van der Waals surface area contributed by atoms with Gasteiger partial charge in [-0.15, -0.1) is 0 Å². The third kappa shape index (κ3) is 3.92. The van der Waals surface area contributed by atoms with E-state index in [2.05, 4.69) is 17.3 Å². The van der Waals surface area contributed by atoms with Crippen LogP contribution in [0.4, 0.5) is 0 Å². The molecule has 5 heteroatoms. The molecule has 0 bridgehead atoms. The molecule has 0 radical (unpaired) electrons. The van der Waals surface area contributed by atoms with E-state index < -0.39 is 0 Å². The lowest BCUT2D eigenvalue weighted by molar-refractivity contribution is 0.396. The van der Waals surface area contributed by atoms with Crippen LogP contribution < -0.4 is 16.0 Å². The fraction of sp³-hybridized carbons (Fsp3) is 0.462. The molecule has 1 aromatic carbocycles. The van der Waals surface area contributed by atoms with Crippen molar-refractivity contribution in [3.8, 4) is 5.75 Å². The fourth-order valence-corrected chi connectivity index (χ4v) is 1.66. The zero-order chi connectivity index (χ0) is 13.4. The number of hydrogen-bond acceptors (Lipinski definition) is 3. The molecule has 0 aliphatic heterocycles. The van der Waals surface area contributed by atoms with Crippen LogP contribution in [0.5, 0.6) is 5.75 Å². The Balaban J connectivity index is 2.76. The number of nitrogens with one attached hydrogen (secondary N) is 1. The summed E-state index contributed by atoms with van der Waals surface area (Å²) < 4.78 is 5.32. The van der Waals surface area contributed by atoms with E-state index in [0.29, 0.717) is 12.5 Å². The van der Waals surface area contributed by atoms with E-state index in [-0.39, 0.29) is 0 Å². The van der Waals surface area contributed by atoms with Gasteiger partial charge in [0.05, 0.1) is 7.11 Å². The molecule has 0 saturated carbocycles. The molecule has 0 heterocycles. The normalized spacial score (nSPS) is 11.2. The lowest BCUT2D eigenvalue weighted by atomic mass is 10.2. The SMILES string of the molecule is CCCN=C(NN)N(C)Cc1ccccc1OC. The predicted molar refractivity (Wildman–Crippen MR) is 74.4 cm³/mol. The molecular weight excluding hydrogens is 228 g/mol. The summed E-state index contributed by atoms with van der Waals surface area (Å²) in [6, 6.07) is 7.92. The summed E-state index contributed by atoms with van der Waals surface area (Å²) in [5, 5.41) is 0. The van der Waals surface area contributed by atoms with Gasteiger partial charge in [0.1, 0.15) is 5.75 Å². The predicted octanol–water partition coefficient (Wildman–Crippen LogP) is 1.36. The number of aliphatic imine (C=N–C) groups is 1. The van der Waals surface area contributed by atoms with Crippen LogP contribution in [-0.4, -0.2) is 31.6 Å². The van der Waals surface area contributed by atoms with Gasteiger partial charge in [-0.2, -0.15) is 0 Å². The first-order valence-electron chi connectivity index (χ1n) is 6.07. The van der Waals surface area contributed by atoms with E-state index in [1.165, 1.54) is 0 Å². The van der Waals surface area contributed by atoms with Crippen molar-refractivity contribution < 1.29 is 4.74 Å². The zero-order valence-corrected chi connectivity index (χ0v) is 11.3. The Labute approximate surface area is 109 Å². The minimum atomic E-state index is 0.683. The summed E-state index contributed by atoms with van der Waals surface area (Å²) in [7, 11) is 3.62. The van der Waals surface area contributed by atoms with Crippen molar-refractivity contribution in [2.75, 3.05) is 20.7 Å². The summed E-state index contributed by atoms with van der Waals surface area (Å²) in [6.45, 7) is 3.53. The molecule has 3 N–H and O–H groups in total. The molecule has 1 aromatic rings. The molecule has 0 amide bonds. The number of benzene rings is 1. The Bertz CT molecular complexity index is 392. The van der Waals surface area contributed by atoms with Crippen LogP contribution in [0.15, 0.2) is 29.3 Å². The Hall–Kier alpha value is -1.75. The van der Waals surface area contributed by atoms with Gasteiger partial charge in [-0.25, -0.2) is 5.84 Å². The molecule has 100 valence electrons. The first kappa shape index (κ1) is 14.3. The van der Waals surface area contributed by atoms with E-state index >= 15 is 0 Å². The lowest BCUT2D eigenvalue weighted by Gasteiger charge is -2.21. The molecule has 0 spiro atoms. The van der Waals surface area contributed by atoms with E-state index in [4.69, 9.17) is 10.6 Å². The molecule has 5 nitrogen and oxygen atoms in total. The van der Waals surface area contributed by atoms with Crippen molar-refractivity contribution in [2.45, 2.75) is 19.9 Å². The smallest absolute Gasteiger partial charge is 0.208 e. The topological polar surface area (TPSA) is 62.9 Å². The Morgan fingerprint density at radius 2 is 2.17 bits per heavy atom. The van der Waals surface area contributed by atoms with Crippen LogP contribution in [0.1, 0.15) is 18.9 Å². The number of para-hydroxylation sites is 1. The van der Waals surface area contributed by atoms with Crippen molar-refractivity contribution in [3.05, 3.63) is 29.8 Å². The highest BCUT2D eigenvalue weighted by Gasteiger charge is 2.08. The van der Waals surface area contributed by atoms with Crippen LogP contribution in [0, 0.1) is 0 Å². The van der Waals surface area contributed by atoms with E-state index in [1.54, 1.807) is 7.11 Å². The molecule has 0 aliphatic carbocycles. The number of methoxy groups -OCH3 is 1. The van der Waals surface area contributed by atoms with Crippen molar-refractivity contribution in [1.82, 2.24) is 10.3 Å². The van der Waals surface area contributed by atoms with Crippen molar-refractivity contribution >= 4 is 5.96 Å². The maximum Gasteiger partial charge on any atom is 0.208 e. The molecule has 1 rings (SSSR count). The second kappa shape index (κ2) is 7.55. The zero-order valence-electron chi connectivity index (χ0n) is 11.3. The number of ether oxygens (including phenoxy) is 1. The highest BCUT2D eigenvalue weighted by Crippen LogP contribution is 2.18. The van der Waals surface area contributed by atoms with Crippen molar-refractivity contribution in [1.29, 1.82) is 0 Å². The molecule has 0 saturated heterocycles. The average molecular weight is 250 g/mol. The van der Waals surface area contributed by atoms with Crippen molar-refractivity contribution in [3.63, 3.8) is 0 Å². The number of hydrogen-bond donors (Lipinski definition) is 2. The third-order valence-corrected chi connectivity index (χ3v) is 2.58. The number of hydrazine groups is 1. The minimum Gasteiger partial charge on any atom is -0.496 e. The standard InChI is InChI=1S/C13H22N4O/c1-4-9-15-13(16-14)17(2)10-11-7-5-6-8-12(11)18-3/h5-8H,4,9-10,14H2,1-3H3,(H,15,16). The average Bonchev–Trinajstić information content (AvgIpc) is 2.40. The quantitative estimate of drug-likeness (QED) is 0.358. The lowest BCUT2D eigenvalue weighted by Crippen LogP contribution is -2.42. The highest BCUT2D eigenvalue weighted by molar-refractivity contribution is 5.79. The van der Waals surface area contributed by atoms with Gasteiger partial charge < -0.3 is 9.64 Å². The molecule has 0 aromatic heterocycles. The number of rotatable bonds is 5. The number of nitrogens with zero attached hydrogens (tertiary/aromatic N) is 2. The monoisotopic (exact) mass is 250 g/mol. The van der Waals surface area contributed by atoms with Gasteiger partial charge in [-0.3, -0.25) is 10.4 Å². The Kier molecular flexibility index (Phi) is 6.00. The first-order chi connectivity index (χ1) is 8.72. The molecule has 18 heavy (non-hydrogen) atoms. The van der Waals surface area contributed by atoms with Gasteiger partial charge >= 0.3 is 0 Å². The van der Waals surface area contributed by atoms with Gasteiger partial charge in [0, 0.05) is 25.7 Å². The van der Waals surface area contributed by atoms with Gasteiger partial charge in [0.15, 0.2) is 0 Å². The van der Waals surface area contributed by atoms with Crippen LogP contribution in [0.3, 0.4) is 0 Å². The van der Waals surface area contributed by atoms with Crippen LogP contribution in [-0.2, 0) is 6.54 Å². The third-order valence-electron chi connectivity index (χ3n) is 2.58. The highest BCUT2D eigenvalue weighted by atomic mass is 16.5. The second-order valence-electron chi connectivity index (χ2n) is 4.02.